The Morgan fingerprint density at radius 2 is 2.18 bits per heavy atom. The number of aromatic nitrogens is 4. The fraction of sp³-hybridized carbons (Fsp3) is 0.0909. The molecule has 2 N–H and O–H groups in total. The lowest BCUT2D eigenvalue weighted by atomic mass is 10.3. The van der Waals surface area contributed by atoms with Gasteiger partial charge in [-0.2, -0.15) is 5.10 Å². The van der Waals surface area contributed by atoms with Crippen LogP contribution in [0.15, 0.2) is 35.1 Å². The summed E-state index contributed by atoms with van der Waals surface area (Å²) in [6, 6.07) is 5.75. The van der Waals surface area contributed by atoms with Gasteiger partial charge in [0.15, 0.2) is 5.65 Å². The molecule has 0 amide bonds. The average Bonchev–Trinajstić information content (AvgIpc) is 2.85. The van der Waals surface area contributed by atoms with Crippen LogP contribution in [0.25, 0.3) is 17.0 Å². The quantitative estimate of drug-likeness (QED) is 0.747. The van der Waals surface area contributed by atoms with Crippen molar-refractivity contribution in [3.05, 3.63) is 35.1 Å². The van der Waals surface area contributed by atoms with Gasteiger partial charge in [-0.25, -0.2) is 4.98 Å². The lowest BCUT2D eigenvalue weighted by Gasteiger charge is -1.99. The topological polar surface area (TPSA) is 61.1 Å². The minimum Gasteiger partial charge on any atom is -0.383 e. The summed E-state index contributed by atoms with van der Waals surface area (Å²) in [5, 5.41) is 4.13. The van der Waals surface area contributed by atoms with Gasteiger partial charge < -0.3 is 5.73 Å². The summed E-state index contributed by atoms with van der Waals surface area (Å²) in [4.78, 5) is 4.55. The fourth-order valence-electron chi connectivity index (χ4n) is 1.85. The first-order valence-corrected chi connectivity index (χ1v) is 5.88. The van der Waals surface area contributed by atoms with Crippen LogP contribution in [-0.4, -0.2) is 19.2 Å². The van der Waals surface area contributed by atoms with Crippen molar-refractivity contribution in [2.75, 3.05) is 5.73 Å². The fourth-order valence-corrected chi connectivity index (χ4v) is 2.28. The Labute approximate surface area is 106 Å². The number of halogens is 1. The molecule has 0 atom stereocenters. The highest BCUT2D eigenvalue weighted by molar-refractivity contribution is 9.10. The van der Waals surface area contributed by atoms with Crippen molar-refractivity contribution < 1.29 is 0 Å². The van der Waals surface area contributed by atoms with Crippen molar-refractivity contribution in [2.45, 2.75) is 0 Å². The SMILES string of the molecule is Cn1nccc1-c1nc2c(Br)cccn2c1N. The van der Waals surface area contributed by atoms with Crippen LogP contribution in [0.3, 0.4) is 0 Å². The van der Waals surface area contributed by atoms with E-state index in [1.807, 2.05) is 35.8 Å². The van der Waals surface area contributed by atoms with E-state index in [0.29, 0.717) is 5.82 Å². The zero-order valence-corrected chi connectivity index (χ0v) is 10.7. The molecule has 5 nitrogen and oxygen atoms in total. The Kier molecular flexibility index (Phi) is 2.19. The molecule has 3 rings (SSSR count). The van der Waals surface area contributed by atoms with Gasteiger partial charge >= 0.3 is 0 Å². The van der Waals surface area contributed by atoms with Gasteiger partial charge in [0.25, 0.3) is 0 Å². The zero-order valence-electron chi connectivity index (χ0n) is 9.13. The predicted octanol–water partition coefficient (Wildman–Crippen LogP) is 2.08. The van der Waals surface area contributed by atoms with Gasteiger partial charge in [0.05, 0.1) is 10.2 Å². The number of fused-ring (bicyclic) bond motifs is 1. The molecule has 0 aliphatic carbocycles. The van der Waals surface area contributed by atoms with Crippen LogP contribution in [0.1, 0.15) is 0 Å². The van der Waals surface area contributed by atoms with Crippen LogP contribution < -0.4 is 5.73 Å². The van der Waals surface area contributed by atoms with E-state index in [0.717, 1.165) is 21.5 Å². The Morgan fingerprint density at radius 3 is 2.82 bits per heavy atom. The number of nitrogen functional groups attached to an aromatic ring is 1. The smallest absolute Gasteiger partial charge is 0.153 e. The first-order valence-electron chi connectivity index (χ1n) is 5.09. The molecule has 0 saturated carbocycles. The predicted molar refractivity (Wildman–Crippen MR) is 69.5 cm³/mol. The van der Waals surface area contributed by atoms with Crippen molar-refractivity contribution in [1.82, 2.24) is 19.2 Å². The van der Waals surface area contributed by atoms with E-state index in [1.165, 1.54) is 0 Å². The molecule has 0 spiro atoms. The highest BCUT2D eigenvalue weighted by atomic mass is 79.9. The summed E-state index contributed by atoms with van der Waals surface area (Å²) in [7, 11) is 1.87. The number of nitrogens with two attached hydrogens (primary N) is 1. The molecule has 0 fully saturated rings. The van der Waals surface area contributed by atoms with E-state index in [-0.39, 0.29) is 0 Å². The van der Waals surface area contributed by atoms with E-state index in [2.05, 4.69) is 26.0 Å². The van der Waals surface area contributed by atoms with Crippen LogP contribution in [0.2, 0.25) is 0 Å². The Bertz CT molecular complexity index is 697. The van der Waals surface area contributed by atoms with Crippen LogP contribution in [0.4, 0.5) is 5.82 Å². The summed E-state index contributed by atoms with van der Waals surface area (Å²) in [5.41, 5.74) is 8.56. The molecule has 3 aromatic rings. The summed E-state index contributed by atoms with van der Waals surface area (Å²) >= 11 is 3.46. The molecule has 0 radical (unpaired) electrons. The summed E-state index contributed by atoms with van der Waals surface area (Å²) in [6.07, 6.45) is 3.62. The van der Waals surface area contributed by atoms with E-state index >= 15 is 0 Å². The Balaban J connectivity index is 2.36. The van der Waals surface area contributed by atoms with E-state index < -0.39 is 0 Å². The number of aryl methyl sites for hydroxylation is 1. The van der Waals surface area contributed by atoms with E-state index in [1.54, 1.807) is 10.9 Å². The number of imidazole rings is 1. The summed E-state index contributed by atoms with van der Waals surface area (Å²) in [5.74, 6) is 0.616. The highest BCUT2D eigenvalue weighted by Crippen LogP contribution is 2.28. The minimum atomic E-state index is 0.616. The standard InChI is InChI=1S/C11H10BrN5/c1-16-8(4-5-14-16)9-10(13)17-6-2-3-7(12)11(17)15-9/h2-6H,13H2,1H3. The number of pyridine rings is 1. The monoisotopic (exact) mass is 291 g/mol. The molecular weight excluding hydrogens is 282 g/mol. The van der Waals surface area contributed by atoms with E-state index in [4.69, 9.17) is 5.73 Å². The second kappa shape index (κ2) is 3.59. The van der Waals surface area contributed by atoms with Gasteiger partial charge in [-0.3, -0.25) is 9.08 Å². The second-order valence-electron chi connectivity index (χ2n) is 3.74. The molecule has 0 bridgehead atoms. The van der Waals surface area contributed by atoms with Crippen molar-refractivity contribution >= 4 is 27.4 Å². The average molecular weight is 292 g/mol. The molecule has 17 heavy (non-hydrogen) atoms. The van der Waals surface area contributed by atoms with E-state index in [9.17, 15) is 0 Å². The highest BCUT2D eigenvalue weighted by Gasteiger charge is 2.15. The maximum Gasteiger partial charge on any atom is 0.153 e. The molecule has 6 heteroatoms. The van der Waals surface area contributed by atoms with Gasteiger partial charge in [-0.15, -0.1) is 0 Å². The van der Waals surface area contributed by atoms with Gasteiger partial charge in [-0.1, -0.05) is 0 Å². The molecule has 3 heterocycles. The lowest BCUT2D eigenvalue weighted by molar-refractivity contribution is 0.774. The van der Waals surface area contributed by atoms with Crippen LogP contribution in [0, 0.1) is 0 Å². The number of hydrogen-bond donors (Lipinski definition) is 1. The van der Waals surface area contributed by atoms with Crippen molar-refractivity contribution in [2.24, 2.45) is 7.05 Å². The normalized spacial score (nSPS) is 11.2. The molecule has 0 unspecified atom stereocenters. The van der Waals surface area contributed by atoms with Crippen LogP contribution >= 0.6 is 15.9 Å². The number of anilines is 1. The molecule has 0 aliphatic rings. The Hall–Kier alpha value is -1.82. The van der Waals surface area contributed by atoms with Gasteiger partial charge in [-0.05, 0) is 34.1 Å². The zero-order chi connectivity index (χ0) is 12.0. The summed E-state index contributed by atoms with van der Waals surface area (Å²) in [6.45, 7) is 0. The van der Waals surface area contributed by atoms with Crippen molar-refractivity contribution in [3.8, 4) is 11.4 Å². The molecule has 86 valence electrons. The molecular formula is C11H10BrN5. The van der Waals surface area contributed by atoms with Gasteiger partial charge in [0, 0.05) is 19.4 Å². The maximum absolute atomic E-state index is 6.11. The maximum atomic E-state index is 6.11. The van der Waals surface area contributed by atoms with Crippen LogP contribution in [0.5, 0.6) is 0 Å². The van der Waals surface area contributed by atoms with Crippen molar-refractivity contribution in [3.63, 3.8) is 0 Å². The number of rotatable bonds is 1. The third kappa shape index (κ3) is 1.44. The third-order valence-corrected chi connectivity index (χ3v) is 3.32. The van der Waals surface area contributed by atoms with Crippen molar-refractivity contribution in [1.29, 1.82) is 0 Å². The third-order valence-electron chi connectivity index (χ3n) is 2.70. The first-order chi connectivity index (χ1) is 8.18. The molecule has 0 aromatic carbocycles. The Morgan fingerprint density at radius 1 is 1.35 bits per heavy atom. The molecule has 0 aliphatic heterocycles. The number of nitrogens with zero attached hydrogens (tertiary/aromatic N) is 4. The largest absolute Gasteiger partial charge is 0.383 e. The molecule has 0 saturated heterocycles. The van der Waals surface area contributed by atoms with Crippen LogP contribution in [-0.2, 0) is 7.05 Å². The first kappa shape index (κ1) is 10.3. The summed E-state index contributed by atoms with van der Waals surface area (Å²) < 4.78 is 4.53. The molecule has 3 aromatic heterocycles. The minimum absolute atomic E-state index is 0.616. The van der Waals surface area contributed by atoms with Gasteiger partial charge in [0.2, 0.25) is 0 Å². The lowest BCUT2D eigenvalue weighted by Crippen LogP contribution is -1.97. The second-order valence-corrected chi connectivity index (χ2v) is 4.59. The number of hydrogen-bond acceptors (Lipinski definition) is 3. The van der Waals surface area contributed by atoms with Gasteiger partial charge in [0.1, 0.15) is 11.5 Å².